The molecule has 0 aliphatic carbocycles. The summed E-state index contributed by atoms with van der Waals surface area (Å²) in [6, 6.07) is 11.2. The quantitative estimate of drug-likeness (QED) is 0.463. The Morgan fingerprint density at radius 3 is 2.58 bits per heavy atom. The second-order valence-electron chi connectivity index (χ2n) is 7.01. The van der Waals surface area contributed by atoms with Crippen molar-refractivity contribution in [3.05, 3.63) is 64.2 Å². The molecule has 166 valence electrons. The molecule has 1 aliphatic rings. The van der Waals surface area contributed by atoms with Crippen molar-refractivity contribution >= 4 is 27.3 Å². The Hall–Kier alpha value is -3.02. The Morgan fingerprint density at radius 2 is 1.97 bits per heavy atom. The highest BCUT2D eigenvalue weighted by molar-refractivity contribution is 7.90. The standard InChI is InChI=1S/C20H23N3O7S/c1-29-16-8-7-15(30-13-16)12-21-18-10-9-17(11-19(18)23(25)26)31(27,28)22-20(24)14-5-3-2-4-6-14/h2-6,9-11,15-16,21H,7-8,12-13H2,1H3,(H,22,24)/t15-,16+/m0/s1. The van der Waals surface area contributed by atoms with Crippen LogP contribution in [0.4, 0.5) is 11.4 Å². The summed E-state index contributed by atoms with van der Waals surface area (Å²) in [5.74, 6) is -0.825. The minimum absolute atomic E-state index is 0.0428. The molecule has 2 atom stereocenters. The fourth-order valence-corrected chi connectivity index (χ4v) is 4.15. The molecular weight excluding hydrogens is 426 g/mol. The van der Waals surface area contributed by atoms with Crippen LogP contribution in [0.2, 0.25) is 0 Å². The van der Waals surface area contributed by atoms with E-state index in [0.717, 1.165) is 18.9 Å². The van der Waals surface area contributed by atoms with Crippen molar-refractivity contribution in [1.29, 1.82) is 0 Å². The number of methoxy groups -OCH3 is 1. The third kappa shape index (κ3) is 5.78. The normalized spacial score (nSPS) is 18.9. The summed E-state index contributed by atoms with van der Waals surface area (Å²) in [6.45, 7) is 0.775. The number of nitro benzene ring substituents is 1. The number of sulfonamides is 1. The van der Waals surface area contributed by atoms with Gasteiger partial charge in [-0.05, 0) is 37.1 Å². The van der Waals surface area contributed by atoms with Gasteiger partial charge in [-0.3, -0.25) is 14.9 Å². The largest absolute Gasteiger partial charge is 0.379 e. The molecule has 0 aromatic heterocycles. The number of amides is 1. The molecule has 2 aromatic rings. The predicted molar refractivity (Wildman–Crippen MR) is 112 cm³/mol. The lowest BCUT2D eigenvalue weighted by atomic mass is 10.1. The van der Waals surface area contributed by atoms with Crippen LogP contribution in [0.15, 0.2) is 53.4 Å². The van der Waals surface area contributed by atoms with Gasteiger partial charge in [0.05, 0.1) is 28.6 Å². The summed E-state index contributed by atoms with van der Waals surface area (Å²) < 4.78 is 37.9. The minimum Gasteiger partial charge on any atom is -0.379 e. The van der Waals surface area contributed by atoms with Gasteiger partial charge in [-0.1, -0.05) is 18.2 Å². The van der Waals surface area contributed by atoms with Crippen molar-refractivity contribution in [1.82, 2.24) is 4.72 Å². The highest BCUT2D eigenvalue weighted by Gasteiger charge is 2.25. The molecule has 3 rings (SSSR count). The number of nitro groups is 1. The fourth-order valence-electron chi connectivity index (χ4n) is 3.16. The van der Waals surface area contributed by atoms with Crippen LogP contribution in [-0.4, -0.2) is 51.7 Å². The molecule has 2 aromatic carbocycles. The molecule has 1 aliphatic heterocycles. The van der Waals surface area contributed by atoms with E-state index in [1.54, 1.807) is 25.3 Å². The molecule has 0 bridgehead atoms. The molecule has 1 saturated heterocycles. The van der Waals surface area contributed by atoms with Crippen molar-refractivity contribution < 1.29 is 27.6 Å². The van der Waals surface area contributed by atoms with Crippen molar-refractivity contribution in [3.63, 3.8) is 0 Å². The number of hydrogen-bond acceptors (Lipinski definition) is 8. The lowest BCUT2D eigenvalue weighted by Crippen LogP contribution is -2.34. The zero-order valence-electron chi connectivity index (χ0n) is 16.8. The Morgan fingerprint density at radius 1 is 1.23 bits per heavy atom. The molecule has 31 heavy (non-hydrogen) atoms. The maximum Gasteiger partial charge on any atom is 0.293 e. The van der Waals surface area contributed by atoms with Gasteiger partial charge in [0.1, 0.15) is 5.69 Å². The molecule has 2 N–H and O–H groups in total. The topological polar surface area (TPSA) is 137 Å². The summed E-state index contributed by atoms with van der Waals surface area (Å²) in [5, 5.41) is 14.5. The Kier molecular flexibility index (Phi) is 7.21. The van der Waals surface area contributed by atoms with Crippen LogP contribution in [0.3, 0.4) is 0 Å². The van der Waals surface area contributed by atoms with Crippen LogP contribution >= 0.6 is 0 Å². The molecule has 1 heterocycles. The van der Waals surface area contributed by atoms with E-state index in [1.165, 1.54) is 24.3 Å². The predicted octanol–water partition coefficient (Wildman–Crippen LogP) is 2.32. The van der Waals surface area contributed by atoms with Gasteiger partial charge in [0, 0.05) is 25.3 Å². The summed E-state index contributed by atoms with van der Waals surface area (Å²) >= 11 is 0. The highest BCUT2D eigenvalue weighted by atomic mass is 32.2. The number of nitrogens with zero attached hydrogens (tertiary/aromatic N) is 1. The van der Waals surface area contributed by atoms with E-state index in [2.05, 4.69) is 5.32 Å². The third-order valence-corrected chi connectivity index (χ3v) is 6.25. The minimum atomic E-state index is -4.30. The summed E-state index contributed by atoms with van der Waals surface area (Å²) in [5.41, 5.74) is -0.0986. The van der Waals surface area contributed by atoms with Crippen LogP contribution in [-0.2, 0) is 19.5 Å². The van der Waals surface area contributed by atoms with Crippen molar-refractivity contribution in [2.75, 3.05) is 25.6 Å². The first-order valence-corrected chi connectivity index (χ1v) is 11.1. The molecule has 0 spiro atoms. The summed E-state index contributed by atoms with van der Waals surface area (Å²) in [7, 11) is -2.68. The number of rotatable bonds is 8. The van der Waals surface area contributed by atoms with E-state index in [-0.39, 0.29) is 28.4 Å². The first kappa shape index (κ1) is 22.7. The molecule has 1 fully saturated rings. The molecule has 1 amide bonds. The smallest absolute Gasteiger partial charge is 0.293 e. The Bertz CT molecular complexity index is 1040. The SMILES string of the molecule is CO[C@@H]1CC[C@@H](CNc2ccc(S(=O)(=O)NC(=O)c3ccccc3)cc2[N+](=O)[O-])OC1. The molecule has 0 radical (unpaired) electrons. The lowest BCUT2D eigenvalue weighted by Gasteiger charge is -2.28. The first-order chi connectivity index (χ1) is 14.8. The summed E-state index contributed by atoms with van der Waals surface area (Å²) in [4.78, 5) is 22.6. The number of benzene rings is 2. The van der Waals surface area contributed by atoms with E-state index in [0.29, 0.717) is 13.2 Å². The number of nitrogens with one attached hydrogen (secondary N) is 2. The van der Waals surface area contributed by atoms with Crippen molar-refractivity contribution in [3.8, 4) is 0 Å². The Balaban J connectivity index is 1.72. The molecule has 11 heteroatoms. The third-order valence-electron chi connectivity index (χ3n) is 4.92. The van der Waals surface area contributed by atoms with Gasteiger partial charge in [-0.25, -0.2) is 13.1 Å². The number of anilines is 1. The Labute approximate surface area is 179 Å². The number of ether oxygens (including phenoxy) is 2. The van der Waals surface area contributed by atoms with Gasteiger partial charge >= 0.3 is 0 Å². The molecule has 0 saturated carbocycles. The fraction of sp³-hybridized carbons (Fsp3) is 0.350. The maximum absolute atomic E-state index is 12.6. The molecule has 0 unspecified atom stereocenters. The zero-order valence-corrected chi connectivity index (χ0v) is 17.6. The van der Waals surface area contributed by atoms with Crippen LogP contribution < -0.4 is 10.0 Å². The average molecular weight is 449 g/mol. The highest BCUT2D eigenvalue weighted by Crippen LogP contribution is 2.28. The first-order valence-electron chi connectivity index (χ1n) is 9.59. The number of hydrogen-bond donors (Lipinski definition) is 2. The van der Waals surface area contributed by atoms with E-state index >= 15 is 0 Å². The van der Waals surface area contributed by atoms with Crippen LogP contribution in [0.1, 0.15) is 23.2 Å². The monoisotopic (exact) mass is 449 g/mol. The molecule has 10 nitrogen and oxygen atoms in total. The zero-order chi connectivity index (χ0) is 22.4. The lowest BCUT2D eigenvalue weighted by molar-refractivity contribution is -0.384. The number of carbonyl (C=O) groups is 1. The van der Waals surface area contributed by atoms with Gasteiger partial charge in [-0.2, -0.15) is 0 Å². The van der Waals surface area contributed by atoms with Gasteiger partial charge in [0.25, 0.3) is 21.6 Å². The van der Waals surface area contributed by atoms with Crippen LogP contribution in [0, 0.1) is 10.1 Å². The maximum atomic E-state index is 12.6. The summed E-state index contributed by atoms with van der Waals surface area (Å²) in [6.07, 6.45) is 1.46. The van der Waals surface area contributed by atoms with Gasteiger partial charge in [-0.15, -0.1) is 0 Å². The molecular formula is C20H23N3O7S. The van der Waals surface area contributed by atoms with Gasteiger partial charge < -0.3 is 14.8 Å². The van der Waals surface area contributed by atoms with Crippen molar-refractivity contribution in [2.45, 2.75) is 29.9 Å². The van der Waals surface area contributed by atoms with Crippen molar-refractivity contribution in [2.24, 2.45) is 0 Å². The van der Waals surface area contributed by atoms with E-state index in [1.807, 2.05) is 4.72 Å². The van der Waals surface area contributed by atoms with Gasteiger partial charge in [0.15, 0.2) is 0 Å². The van der Waals surface area contributed by atoms with E-state index in [9.17, 15) is 23.3 Å². The van der Waals surface area contributed by atoms with Crippen LogP contribution in [0.5, 0.6) is 0 Å². The number of carbonyl (C=O) groups excluding carboxylic acids is 1. The second kappa shape index (κ2) is 9.86. The van der Waals surface area contributed by atoms with E-state index in [4.69, 9.17) is 9.47 Å². The second-order valence-corrected chi connectivity index (χ2v) is 8.69. The average Bonchev–Trinajstić information content (AvgIpc) is 2.78. The van der Waals surface area contributed by atoms with Crippen LogP contribution in [0.25, 0.3) is 0 Å². The van der Waals surface area contributed by atoms with Gasteiger partial charge in [0.2, 0.25) is 0 Å². The van der Waals surface area contributed by atoms with E-state index < -0.39 is 26.5 Å².